The highest BCUT2D eigenvalue weighted by Crippen LogP contribution is 2.13. The van der Waals surface area contributed by atoms with Gasteiger partial charge in [-0.1, -0.05) is 6.07 Å². The highest BCUT2D eigenvalue weighted by atomic mass is 19.1. The van der Waals surface area contributed by atoms with E-state index in [0.717, 1.165) is 17.4 Å². The highest BCUT2D eigenvalue weighted by molar-refractivity contribution is 6.58. The molecule has 0 atom stereocenters. The third-order valence-corrected chi connectivity index (χ3v) is 3.14. The van der Waals surface area contributed by atoms with Crippen LogP contribution in [0.5, 0.6) is 0 Å². The third-order valence-electron chi connectivity index (χ3n) is 3.14. The summed E-state index contributed by atoms with van der Waals surface area (Å²) in [5.74, 6) is 0.390. The largest absolute Gasteiger partial charge is 0.488 e. The van der Waals surface area contributed by atoms with Gasteiger partial charge in [0.25, 0.3) is 0 Å². The van der Waals surface area contributed by atoms with Crippen molar-refractivity contribution < 1.29 is 18.9 Å². The van der Waals surface area contributed by atoms with Crippen LogP contribution in [0, 0.1) is 12.7 Å². The Labute approximate surface area is 117 Å². The number of nitrogens with zero attached hydrogens (tertiary/aromatic N) is 1. The Morgan fingerprint density at radius 1 is 1.25 bits per heavy atom. The van der Waals surface area contributed by atoms with E-state index in [4.69, 9.17) is 14.5 Å². The zero-order valence-electron chi connectivity index (χ0n) is 11.5. The lowest BCUT2D eigenvalue weighted by Gasteiger charge is -2.17. The van der Waals surface area contributed by atoms with Crippen LogP contribution < -0.4 is 5.46 Å². The maximum Gasteiger partial charge on any atom is 0.488 e. The molecule has 1 aromatic heterocycles. The monoisotopic (exact) mass is 277 g/mol. The summed E-state index contributed by atoms with van der Waals surface area (Å²) in [5.41, 5.74) is 1.93. The number of furan rings is 1. The lowest BCUT2D eigenvalue weighted by atomic mass is 9.79. The van der Waals surface area contributed by atoms with E-state index in [9.17, 15) is 4.39 Å². The number of hydrogen-bond acceptors (Lipinski definition) is 4. The van der Waals surface area contributed by atoms with Crippen molar-refractivity contribution in [3.8, 4) is 0 Å². The first-order valence-corrected chi connectivity index (χ1v) is 6.32. The Morgan fingerprint density at radius 2 is 2.00 bits per heavy atom. The van der Waals surface area contributed by atoms with Crippen LogP contribution in [-0.4, -0.2) is 29.1 Å². The second kappa shape index (κ2) is 6.22. The Hall–Kier alpha value is -1.63. The van der Waals surface area contributed by atoms with E-state index in [1.165, 1.54) is 6.07 Å². The van der Waals surface area contributed by atoms with E-state index in [0.29, 0.717) is 18.7 Å². The molecular weight excluding hydrogens is 260 g/mol. The smallest absolute Gasteiger partial charge is 0.469 e. The van der Waals surface area contributed by atoms with E-state index in [-0.39, 0.29) is 5.46 Å². The Balaban J connectivity index is 2.07. The van der Waals surface area contributed by atoms with Gasteiger partial charge in [-0.25, -0.2) is 4.39 Å². The molecule has 0 bridgehead atoms. The second-order valence-electron chi connectivity index (χ2n) is 4.94. The van der Waals surface area contributed by atoms with Crippen molar-refractivity contribution in [2.24, 2.45) is 0 Å². The summed E-state index contributed by atoms with van der Waals surface area (Å²) in [5, 5.41) is 18.2. The summed E-state index contributed by atoms with van der Waals surface area (Å²) < 4.78 is 18.7. The first-order valence-electron chi connectivity index (χ1n) is 6.32. The van der Waals surface area contributed by atoms with Gasteiger partial charge >= 0.3 is 7.12 Å². The molecule has 2 aromatic rings. The molecule has 0 saturated carbocycles. The molecular formula is C14H17BFNO3. The SMILES string of the molecule is Cc1occc1CN(C)Cc1cc(F)cc(B(O)O)c1. The molecule has 0 unspecified atom stereocenters. The normalized spacial score (nSPS) is 11.1. The van der Waals surface area contributed by atoms with Crippen LogP contribution >= 0.6 is 0 Å². The Kier molecular flexibility index (Phi) is 4.59. The molecule has 0 saturated heterocycles. The number of benzene rings is 1. The minimum atomic E-state index is -1.66. The fourth-order valence-electron chi connectivity index (χ4n) is 2.15. The van der Waals surface area contributed by atoms with Gasteiger partial charge in [0.1, 0.15) is 11.6 Å². The van der Waals surface area contributed by atoms with Gasteiger partial charge in [0, 0.05) is 18.7 Å². The van der Waals surface area contributed by atoms with Crippen LogP contribution in [0.3, 0.4) is 0 Å². The molecule has 2 N–H and O–H groups in total. The maximum absolute atomic E-state index is 13.4. The van der Waals surface area contributed by atoms with E-state index in [1.54, 1.807) is 12.3 Å². The molecule has 106 valence electrons. The fourth-order valence-corrected chi connectivity index (χ4v) is 2.15. The number of aryl methyl sites for hydroxylation is 1. The molecule has 1 heterocycles. The summed E-state index contributed by atoms with van der Waals surface area (Å²) in [6.45, 7) is 3.07. The summed E-state index contributed by atoms with van der Waals surface area (Å²) >= 11 is 0. The number of hydrogen-bond donors (Lipinski definition) is 2. The molecule has 6 heteroatoms. The van der Waals surface area contributed by atoms with Gasteiger partial charge in [0.05, 0.1) is 6.26 Å². The van der Waals surface area contributed by atoms with Crippen LogP contribution in [-0.2, 0) is 13.1 Å². The van der Waals surface area contributed by atoms with Crippen molar-refractivity contribution in [3.63, 3.8) is 0 Å². The van der Waals surface area contributed by atoms with Gasteiger partial charge in [0.2, 0.25) is 0 Å². The second-order valence-corrected chi connectivity index (χ2v) is 4.94. The van der Waals surface area contributed by atoms with Crippen LogP contribution in [0.15, 0.2) is 34.9 Å². The van der Waals surface area contributed by atoms with Crippen molar-refractivity contribution in [3.05, 3.63) is 53.2 Å². The first-order chi connectivity index (χ1) is 9.45. The zero-order valence-corrected chi connectivity index (χ0v) is 11.5. The van der Waals surface area contributed by atoms with Crippen LogP contribution in [0.25, 0.3) is 0 Å². The van der Waals surface area contributed by atoms with Crippen molar-refractivity contribution in [2.45, 2.75) is 20.0 Å². The molecule has 0 aliphatic carbocycles. The topological polar surface area (TPSA) is 56.8 Å². The van der Waals surface area contributed by atoms with Crippen molar-refractivity contribution in [1.82, 2.24) is 4.90 Å². The number of rotatable bonds is 5. The summed E-state index contributed by atoms with van der Waals surface area (Å²) in [6, 6.07) is 6.01. The molecule has 0 radical (unpaired) electrons. The molecule has 4 nitrogen and oxygen atoms in total. The van der Waals surface area contributed by atoms with Crippen molar-refractivity contribution in [1.29, 1.82) is 0 Å². The molecule has 2 rings (SSSR count). The fraction of sp³-hybridized carbons (Fsp3) is 0.286. The average molecular weight is 277 g/mol. The lowest BCUT2D eigenvalue weighted by molar-refractivity contribution is 0.316. The zero-order chi connectivity index (χ0) is 14.7. The minimum absolute atomic E-state index is 0.160. The van der Waals surface area contributed by atoms with Gasteiger partial charge in [-0.2, -0.15) is 0 Å². The Morgan fingerprint density at radius 3 is 2.60 bits per heavy atom. The molecule has 0 spiro atoms. The van der Waals surface area contributed by atoms with E-state index in [1.807, 2.05) is 24.9 Å². The van der Waals surface area contributed by atoms with Crippen molar-refractivity contribution >= 4 is 12.6 Å². The van der Waals surface area contributed by atoms with Gasteiger partial charge in [-0.15, -0.1) is 0 Å². The van der Waals surface area contributed by atoms with Gasteiger partial charge in [0.15, 0.2) is 0 Å². The van der Waals surface area contributed by atoms with Gasteiger partial charge < -0.3 is 14.5 Å². The molecule has 1 aromatic carbocycles. The molecule has 0 amide bonds. The highest BCUT2D eigenvalue weighted by Gasteiger charge is 2.14. The standard InChI is InChI=1S/C14H17BFNO3/c1-10-12(3-4-20-10)9-17(2)8-11-5-13(15(18)19)7-14(16)6-11/h3-7,18-19H,8-9H2,1-2H3. The lowest BCUT2D eigenvalue weighted by Crippen LogP contribution is -2.31. The predicted molar refractivity (Wildman–Crippen MR) is 74.8 cm³/mol. The maximum atomic E-state index is 13.4. The van der Waals surface area contributed by atoms with E-state index in [2.05, 4.69) is 0 Å². The summed E-state index contributed by atoms with van der Waals surface area (Å²) in [4.78, 5) is 2.00. The molecule has 0 aliphatic rings. The van der Waals surface area contributed by atoms with E-state index < -0.39 is 12.9 Å². The first kappa shape index (κ1) is 14.8. The Bertz CT molecular complexity index is 586. The van der Waals surface area contributed by atoms with Crippen LogP contribution in [0.1, 0.15) is 16.9 Å². The van der Waals surface area contributed by atoms with E-state index >= 15 is 0 Å². The average Bonchev–Trinajstić information content (AvgIpc) is 2.74. The molecule has 0 fully saturated rings. The molecule has 0 aliphatic heterocycles. The van der Waals surface area contributed by atoms with Gasteiger partial charge in [-0.3, -0.25) is 4.90 Å². The van der Waals surface area contributed by atoms with Crippen molar-refractivity contribution in [2.75, 3.05) is 7.05 Å². The number of halogens is 1. The minimum Gasteiger partial charge on any atom is -0.469 e. The quantitative estimate of drug-likeness (QED) is 0.802. The predicted octanol–water partition coefficient (Wildman–Crippen LogP) is 1.04. The van der Waals surface area contributed by atoms with Crippen LogP contribution in [0.4, 0.5) is 4.39 Å². The summed E-state index contributed by atoms with van der Waals surface area (Å²) in [7, 11) is 0.248. The summed E-state index contributed by atoms with van der Waals surface area (Å²) in [6.07, 6.45) is 1.64. The third kappa shape index (κ3) is 3.69. The van der Waals surface area contributed by atoms with Gasteiger partial charge in [-0.05, 0) is 43.2 Å². The molecule has 20 heavy (non-hydrogen) atoms. The van der Waals surface area contributed by atoms with Crippen LogP contribution in [0.2, 0.25) is 0 Å².